The first-order chi connectivity index (χ1) is 36.9. The lowest BCUT2D eigenvalue weighted by atomic mass is 9.84. The summed E-state index contributed by atoms with van der Waals surface area (Å²) in [5.74, 6) is -3.09. The largest absolute Gasteiger partial charge is 0.347 e. The molecule has 1 unspecified atom stereocenters. The number of amides is 7. The van der Waals surface area contributed by atoms with Gasteiger partial charge in [0.25, 0.3) is 5.91 Å². The zero-order chi connectivity index (χ0) is 56.8. The standard InChI is InChI=1S/C61H80FN9O7/c1-36(63-10)53(72)67-51(60(4,5)6)58(77)70-34-44-19-13-12-18-43(44)31-50(70)57(76)69(38(3)40-27-29-45(62)30-28-40)33-39-23-25-42(26-24-39)55(74)65-46-32-49(56(75)66-48-22-16-20-41-17-14-15-21-47(41)48)71(35-46)59(78)52(61(7,8)9)68-54(73)37(2)64-11/h12-15,17-19,21,23-30,36-38,46,48-52,63-64H,16,20,22,31-35H2,1-11H3,(H,65,74)(H,66,75)(H,67,72)(H,68,73)/t36-,37-,38+,46-,48+,49-,50-,51?,52+/m0/s1. The van der Waals surface area contributed by atoms with Crippen LogP contribution in [0.2, 0.25) is 0 Å². The highest BCUT2D eigenvalue weighted by atomic mass is 19.1. The Hall–Kier alpha value is -6.98. The number of likely N-dealkylation sites (tertiary alicyclic amines) is 1. The number of nitrogens with one attached hydrogen (secondary N) is 6. The highest BCUT2D eigenvalue weighted by Gasteiger charge is 2.47. The summed E-state index contributed by atoms with van der Waals surface area (Å²) < 4.78 is 14.3. The van der Waals surface area contributed by atoms with Gasteiger partial charge in [-0.3, -0.25) is 33.6 Å². The summed E-state index contributed by atoms with van der Waals surface area (Å²) in [6, 6.07) is 22.0. The van der Waals surface area contributed by atoms with E-state index in [-0.39, 0.29) is 62.1 Å². The first kappa shape index (κ1) is 58.7. The molecule has 0 radical (unpaired) electrons. The second-order valence-electron chi connectivity index (χ2n) is 23.5. The summed E-state index contributed by atoms with van der Waals surface area (Å²) in [6.45, 7) is 16.7. The van der Waals surface area contributed by atoms with Crippen LogP contribution < -0.4 is 31.9 Å². The van der Waals surface area contributed by atoms with Crippen LogP contribution in [0.25, 0.3) is 0 Å². The van der Waals surface area contributed by atoms with Gasteiger partial charge in [-0.15, -0.1) is 0 Å². The van der Waals surface area contributed by atoms with Gasteiger partial charge in [0.05, 0.1) is 24.2 Å². The van der Waals surface area contributed by atoms with Crippen molar-refractivity contribution >= 4 is 41.4 Å². The second-order valence-corrected chi connectivity index (χ2v) is 23.5. The molecular formula is C61H80FN9O7. The Balaban J connectivity index is 1.14. The van der Waals surface area contributed by atoms with Gasteiger partial charge in [0.2, 0.25) is 35.4 Å². The molecule has 1 aliphatic carbocycles. The van der Waals surface area contributed by atoms with Crippen molar-refractivity contribution in [2.45, 2.75) is 162 Å². The fraction of sp³-hybridized carbons (Fsp3) is 0.492. The van der Waals surface area contributed by atoms with E-state index in [2.05, 4.69) is 38.0 Å². The third-order valence-corrected chi connectivity index (χ3v) is 15.8. The van der Waals surface area contributed by atoms with Crippen LogP contribution in [0.1, 0.15) is 137 Å². The number of hydrogen-bond acceptors (Lipinski definition) is 9. The molecule has 78 heavy (non-hydrogen) atoms. The molecule has 9 atom stereocenters. The number of halogens is 1. The number of carbonyl (C=O) groups excluding carboxylic acids is 7. The Morgan fingerprint density at radius 2 is 1.22 bits per heavy atom. The highest BCUT2D eigenvalue weighted by molar-refractivity contribution is 5.97. The van der Waals surface area contributed by atoms with Gasteiger partial charge in [-0.1, -0.05) is 114 Å². The van der Waals surface area contributed by atoms with Crippen LogP contribution in [0.5, 0.6) is 0 Å². The number of fused-ring (bicyclic) bond motifs is 2. The molecule has 6 N–H and O–H groups in total. The van der Waals surface area contributed by atoms with Crippen LogP contribution in [0.15, 0.2) is 97.1 Å². The van der Waals surface area contributed by atoms with Crippen molar-refractivity contribution in [1.82, 2.24) is 46.6 Å². The maximum Gasteiger partial charge on any atom is 0.251 e. The quantitative estimate of drug-likeness (QED) is 0.0730. The first-order valence-electron chi connectivity index (χ1n) is 27.4. The Morgan fingerprint density at radius 1 is 0.667 bits per heavy atom. The van der Waals surface area contributed by atoms with Crippen molar-refractivity contribution in [2.75, 3.05) is 20.6 Å². The lowest BCUT2D eigenvalue weighted by Crippen LogP contribution is -2.62. The number of hydrogen-bond donors (Lipinski definition) is 6. The van der Waals surface area contributed by atoms with Crippen LogP contribution in [-0.2, 0) is 54.7 Å². The topological polar surface area (TPSA) is 201 Å². The predicted octanol–water partition coefficient (Wildman–Crippen LogP) is 6.04. The van der Waals surface area contributed by atoms with Gasteiger partial charge in [0.15, 0.2) is 0 Å². The van der Waals surface area contributed by atoms with Crippen molar-refractivity contribution in [2.24, 2.45) is 10.8 Å². The summed E-state index contributed by atoms with van der Waals surface area (Å²) >= 11 is 0. The van der Waals surface area contributed by atoms with E-state index < -0.39 is 82.7 Å². The van der Waals surface area contributed by atoms with Crippen LogP contribution in [0.3, 0.4) is 0 Å². The van der Waals surface area contributed by atoms with E-state index in [1.165, 1.54) is 22.6 Å². The Labute approximate surface area is 459 Å². The lowest BCUT2D eigenvalue weighted by Gasteiger charge is -2.43. The minimum absolute atomic E-state index is 0.0213. The van der Waals surface area contributed by atoms with Gasteiger partial charge in [-0.25, -0.2) is 4.39 Å². The SMILES string of the molecule is CN[C@@H](C)C(=O)NC(C(=O)N1Cc2ccccc2C[C@H]1C(=O)N(Cc1ccc(C(=O)N[C@H]2C[C@@H](C(=O)N[C@@H]3CCCc4ccccc43)N(C(=O)[C@@H](NC(=O)[C@H](C)NC)C(C)(C)C)C2)cc1)[C@H](C)c1ccc(F)cc1)C(C)(C)C. The van der Waals surface area contributed by atoms with E-state index in [9.17, 15) is 33.2 Å². The maximum absolute atomic E-state index is 15.5. The van der Waals surface area contributed by atoms with Gasteiger partial charge in [0.1, 0.15) is 30.0 Å². The molecule has 3 aliphatic rings. The summed E-state index contributed by atoms with van der Waals surface area (Å²) in [6.07, 6.45) is 2.89. The van der Waals surface area contributed by atoms with Crippen molar-refractivity contribution in [1.29, 1.82) is 0 Å². The maximum atomic E-state index is 15.5. The van der Waals surface area contributed by atoms with Crippen LogP contribution in [0.4, 0.5) is 4.39 Å². The van der Waals surface area contributed by atoms with Gasteiger partial charge >= 0.3 is 0 Å². The Morgan fingerprint density at radius 3 is 1.79 bits per heavy atom. The summed E-state index contributed by atoms with van der Waals surface area (Å²) in [5, 5.41) is 18.1. The molecule has 1 saturated heterocycles. The van der Waals surface area contributed by atoms with Gasteiger partial charge < -0.3 is 46.6 Å². The van der Waals surface area contributed by atoms with E-state index in [0.29, 0.717) is 16.7 Å². The van der Waals surface area contributed by atoms with Crippen molar-refractivity contribution < 1.29 is 38.0 Å². The third-order valence-electron chi connectivity index (χ3n) is 15.8. The molecule has 7 amide bonds. The Bertz CT molecular complexity index is 2830. The van der Waals surface area contributed by atoms with Crippen molar-refractivity contribution in [3.05, 3.63) is 142 Å². The number of rotatable bonds is 17. The number of aryl methyl sites for hydroxylation is 1. The molecule has 418 valence electrons. The van der Waals surface area contributed by atoms with Crippen LogP contribution in [-0.4, -0.2) is 119 Å². The smallest absolute Gasteiger partial charge is 0.251 e. The molecule has 16 nitrogen and oxygen atoms in total. The Kier molecular flexibility index (Phi) is 18.6. The fourth-order valence-electron chi connectivity index (χ4n) is 10.8. The average Bonchev–Trinajstić information content (AvgIpc) is 3.96. The van der Waals surface area contributed by atoms with Gasteiger partial charge in [0, 0.05) is 37.7 Å². The molecule has 0 spiro atoms. The van der Waals surface area contributed by atoms with Crippen molar-refractivity contribution in [3.8, 4) is 0 Å². The second kappa shape index (κ2) is 24.8. The summed E-state index contributed by atoms with van der Waals surface area (Å²) in [4.78, 5) is 105. The minimum Gasteiger partial charge on any atom is -0.347 e. The molecule has 17 heteroatoms. The van der Waals surface area contributed by atoms with Crippen LogP contribution >= 0.6 is 0 Å². The molecule has 4 aromatic rings. The molecule has 0 bridgehead atoms. The van der Waals surface area contributed by atoms with E-state index in [0.717, 1.165) is 36.0 Å². The minimum atomic E-state index is -0.983. The molecule has 0 saturated carbocycles. The predicted molar refractivity (Wildman–Crippen MR) is 298 cm³/mol. The number of likely N-dealkylation sites (N-methyl/N-ethyl adjacent to an activating group) is 2. The number of benzene rings is 4. The fourth-order valence-corrected chi connectivity index (χ4v) is 10.8. The summed E-state index contributed by atoms with van der Waals surface area (Å²) in [5.41, 5.74) is 4.20. The van der Waals surface area contributed by atoms with Gasteiger partial charge in [-0.05, 0) is 129 Å². The number of nitrogens with zero attached hydrogens (tertiary/aromatic N) is 3. The normalized spacial score (nSPS) is 20.2. The third kappa shape index (κ3) is 13.6. The molecule has 2 heterocycles. The highest BCUT2D eigenvalue weighted by Crippen LogP contribution is 2.34. The van der Waals surface area contributed by atoms with E-state index in [1.807, 2.05) is 90.9 Å². The summed E-state index contributed by atoms with van der Waals surface area (Å²) in [7, 11) is 3.32. The number of carbonyl (C=O) groups is 7. The zero-order valence-corrected chi connectivity index (χ0v) is 47.2. The molecule has 2 aliphatic heterocycles. The lowest BCUT2D eigenvalue weighted by molar-refractivity contribution is -0.152. The zero-order valence-electron chi connectivity index (χ0n) is 47.2. The van der Waals surface area contributed by atoms with Gasteiger partial charge in [-0.2, -0.15) is 0 Å². The molecular weight excluding hydrogens is 990 g/mol. The van der Waals surface area contributed by atoms with E-state index >= 15 is 4.79 Å². The van der Waals surface area contributed by atoms with E-state index in [4.69, 9.17) is 0 Å². The monoisotopic (exact) mass is 1070 g/mol. The first-order valence-corrected chi connectivity index (χ1v) is 27.4. The average molecular weight is 1070 g/mol. The van der Waals surface area contributed by atoms with Crippen molar-refractivity contribution in [3.63, 3.8) is 0 Å². The van der Waals surface area contributed by atoms with E-state index in [1.54, 1.807) is 74.1 Å². The molecule has 1 fully saturated rings. The molecule has 0 aromatic heterocycles. The molecule has 4 aromatic carbocycles. The molecule has 7 rings (SSSR count). The van der Waals surface area contributed by atoms with Crippen LogP contribution in [0, 0.1) is 16.6 Å².